The number of rotatable bonds is 3. The highest BCUT2D eigenvalue weighted by Crippen LogP contribution is 2.26. The molecule has 0 bridgehead atoms. The zero-order chi connectivity index (χ0) is 12.3. The van der Waals surface area contributed by atoms with E-state index in [1.807, 2.05) is 24.3 Å². The van der Waals surface area contributed by atoms with Gasteiger partial charge in [0, 0.05) is 27.3 Å². The number of hydrogen-bond acceptors (Lipinski definition) is 2. The molecule has 0 amide bonds. The van der Waals surface area contributed by atoms with Crippen LogP contribution in [0.3, 0.4) is 0 Å². The standard InChI is InChI=1S/C13H11BrClNO/c14-9-4-6-10(7-5-9)16-8-11-12(15)2-1-3-13(11)17/h1-7,16-17H,8H2. The molecule has 0 aliphatic rings. The van der Waals surface area contributed by atoms with E-state index in [0.717, 1.165) is 10.2 Å². The lowest BCUT2D eigenvalue weighted by Crippen LogP contribution is -2.00. The van der Waals surface area contributed by atoms with Gasteiger partial charge in [-0.3, -0.25) is 0 Å². The summed E-state index contributed by atoms with van der Waals surface area (Å²) in [7, 11) is 0. The van der Waals surface area contributed by atoms with Crippen molar-refractivity contribution in [3.63, 3.8) is 0 Å². The van der Waals surface area contributed by atoms with E-state index < -0.39 is 0 Å². The maximum absolute atomic E-state index is 9.68. The molecule has 2 aromatic carbocycles. The molecule has 17 heavy (non-hydrogen) atoms. The number of phenols is 1. The van der Waals surface area contributed by atoms with Gasteiger partial charge in [-0.25, -0.2) is 0 Å². The fraction of sp³-hybridized carbons (Fsp3) is 0.0769. The third-order valence-corrected chi connectivity index (χ3v) is 3.29. The molecule has 0 atom stereocenters. The van der Waals surface area contributed by atoms with Crippen LogP contribution in [0.4, 0.5) is 5.69 Å². The Bertz CT molecular complexity index is 493. The Kier molecular flexibility index (Phi) is 3.92. The van der Waals surface area contributed by atoms with E-state index in [-0.39, 0.29) is 5.75 Å². The molecule has 0 fully saturated rings. The van der Waals surface area contributed by atoms with E-state index in [0.29, 0.717) is 17.1 Å². The Labute approximate surface area is 113 Å². The van der Waals surface area contributed by atoms with Gasteiger partial charge in [0.25, 0.3) is 0 Å². The molecule has 4 heteroatoms. The molecule has 2 N–H and O–H groups in total. The average Bonchev–Trinajstić information content (AvgIpc) is 2.31. The summed E-state index contributed by atoms with van der Waals surface area (Å²) in [6.45, 7) is 0.493. The first-order valence-corrected chi connectivity index (χ1v) is 6.30. The van der Waals surface area contributed by atoms with Gasteiger partial charge in [0.1, 0.15) is 5.75 Å². The topological polar surface area (TPSA) is 32.3 Å². The highest BCUT2D eigenvalue weighted by molar-refractivity contribution is 9.10. The highest BCUT2D eigenvalue weighted by Gasteiger charge is 2.05. The molecule has 0 heterocycles. The summed E-state index contributed by atoms with van der Waals surface area (Å²) in [5.74, 6) is 0.210. The van der Waals surface area contributed by atoms with Crippen molar-refractivity contribution in [3.8, 4) is 5.75 Å². The fourth-order valence-corrected chi connectivity index (χ4v) is 1.98. The Hall–Kier alpha value is -1.19. The SMILES string of the molecule is Oc1cccc(Cl)c1CNc1ccc(Br)cc1. The number of hydrogen-bond donors (Lipinski definition) is 2. The normalized spacial score (nSPS) is 10.2. The number of anilines is 1. The van der Waals surface area contributed by atoms with E-state index in [1.165, 1.54) is 0 Å². The zero-order valence-electron chi connectivity index (χ0n) is 8.95. The van der Waals surface area contributed by atoms with Crippen LogP contribution in [-0.2, 0) is 6.54 Å². The fourth-order valence-electron chi connectivity index (χ4n) is 1.48. The van der Waals surface area contributed by atoms with Gasteiger partial charge in [-0.2, -0.15) is 0 Å². The van der Waals surface area contributed by atoms with Gasteiger partial charge in [-0.15, -0.1) is 0 Å². The Morgan fingerprint density at radius 1 is 1.12 bits per heavy atom. The van der Waals surface area contributed by atoms with Gasteiger partial charge in [0.05, 0.1) is 0 Å². The van der Waals surface area contributed by atoms with E-state index in [2.05, 4.69) is 21.2 Å². The molecular formula is C13H11BrClNO. The third-order valence-electron chi connectivity index (χ3n) is 2.41. The molecule has 0 radical (unpaired) electrons. The Morgan fingerprint density at radius 3 is 2.47 bits per heavy atom. The quantitative estimate of drug-likeness (QED) is 0.879. The summed E-state index contributed by atoms with van der Waals surface area (Å²) < 4.78 is 1.03. The van der Waals surface area contributed by atoms with E-state index in [1.54, 1.807) is 18.2 Å². The second-order valence-electron chi connectivity index (χ2n) is 3.60. The number of benzene rings is 2. The van der Waals surface area contributed by atoms with Crippen molar-refractivity contribution in [2.75, 3.05) is 5.32 Å². The van der Waals surface area contributed by atoms with Crippen LogP contribution >= 0.6 is 27.5 Å². The predicted molar refractivity (Wildman–Crippen MR) is 74.6 cm³/mol. The van der Waals surface area contributed by atoms with Crippen LogP contribution in [0.1, 0.15) is 5.56 Å². The van der Waals surface area contributed by atoms with Crippen LogP contribution in [0.5, 0.6) is 5.75 Å². The van der Waals surface area contributed by atoms with E-state index in [9.17, 15) is 5.11 Å². The molecule has 2 nitrogen and oxygen atoms in total. The van der Waals surface area contributed by atoms with Gasteiger partial charge in [-0.1, -0.05) is 33.6 Å². The lowest BCUT2D eigenvalue weighted by Gasteiger charge is -2.09. The molecule has 0 saturated carbocycles. The first kappa shape index (κ1) is 12.3. The van der Waals surface area contributed by atoms with Gasteiger partial charge in [0.2, 0.25) is 0 Å². The van der Waals surface area contributed by atoms with Gasteiger partial charge < -0.3 is 10.4 Å². The van der Waals surface area contributed by atoms with Crippen molar-refractivity contribution in [3.05, 3.63) is 57.5 Å². The lowest BCUT2D eigenvalue weighted by atomic mass is 10.2. The van der Waals surface area contributed by atoms with Crippen molar-refractivity contribution in [2.24, 2.45) is 0 Å². The van der Waals surface area contributed by atoms with E-state index >= 15 is 0 Å². The second kappa shape index (κ2) is 5.43. The monoisotopic (exact) mass is 311 g/mol. The second-order valence-corrected chi connectivity index (χ2v) is 4.92. The van der Waals surface area contributed by atoms with Gasteiger partial charge >= 0.3 is 0 Å². The van der Waals surface area contributed by atoms with Crippen molar-refractivity contribution in [2.45, 2.75) is 6.54 Å². The van der Waals surface area contributed by atoms with Crippen molar-refractivity contribution in [1.29, 1.82) is 0 Å². The first-order valence-electron chi connectivity index (χ1n) is 5.12. The Balaban J connectivity index is 2.10. The van der Waals surface area contributed by atoms with Crippen LogP contribution in [0, 0.1) is 0 Å². The molecule has 0 unspecified atom stereocenters. The van der Waals surface area contributed by atoms with Gasteiger partial charge in [0.15, 0.2) is 0 Å². The van der Waals surface area contributed by atoms with Crippen molar-refractivity contribution in [1.82, 2.24) is 0 Å². The summed E-state index contributed by atoms with van der Waals surface area (Å²) in [4.78, 5) is 0. The highest BCUT2D eigenvalue weighted by atomic mass is 79.9. The lowest BCUT2D eigenvalue weighted by molar-refractivity contribution is 0.469. The van der Waals surface area contributed by atoms with Gasteiger partial charge in [-0.05, 0) is 36.4 Å². The molecule has 0 saturated heterocycles. The number of aromatic hydroxyl groups is 1. The van der Waals surface area contributed by atoms with Crippen LogP contribution in [0.25, 0.3) is 0 Å². The first-order chi connectivity index (χ1) is 8.16. The number of halogens is 2. The largest absolute Gasteiger partial charge is 0.508 e. The minimum atomic E-state index is 0.210. The third kappa shape index (κ3) is 3.14. The molecular weight excluding hydrogens is 302 g/mol. The molecule has 0 spiro atoms. The molecule has 0 aliphatic heterocycles. The van der Waals surface area contributed by atoms with Crippen LogP contribution in [0.2, 0.25) is 5.02 Å². The van der Waals surface area contributed by atoms with Crippen molar-refractivity contribution < 1.29 is 5.11 Å². The summed E-state index contributed by atoms with van der Waals surface area (Å²) in [6, 6.07) is 12.9. The Morgan fingerprint density at radius 2 is 1.82 bits per heavy atom. The number of nitrogens with one attached hydrogen (secondary N) is 1. The zero-order valence-corrected chi connectivity index (χ0v) is 11.3. The molecule has 0 aliphatic carbocycles. The molecule has 88 valence electrons. The van der Waals surface area contributed by atoms with Crippen LogP contribution < -0.4 is 5.32 Å². The predicted octanol–water partition coefficient (Wildman–Crippen LogP) is 4.42. The smallest absolute Gasteiger partial charge is 0.122 e. The van der Waals surface area contributed by atoms with Crippen molar-refractivity contribution >= 4 is 33.2 Å². The average molecular weight is 313 g/mol. The summed E-state index contributed by atoms with van der Waals surface area (Å²) in [5.41, 5.74) is 1.68. The maximum Gasteiger partial charge on any atom is 0.122 e. The van der Waals surface area contributed by atoms with E-state index in [4.69, 9.17) is 11.6 Å². The maximum atomic E-state index is 9.68. The summed E-state index contributed by atoms with van der Waals surface area (Å²) in [6.07, 6.45) is 0. The molecule has 2 aromatic rings. The van der Waals surface area contributed by atoms with Crippen LogP contribution in [-0.4, -0.2) is 5.11 Å². The molecule has 2 rings (SSSR count). The number of phenolic OH excluding ortho intramolecular Hbond substituents is 1. The summed E-state index contributed by atoms with van der Waals surface area (Å²) in [5, 5.41) is 13.5. The minimum Gasteiger partial charge on any atom is -0.508 e. The molecule has 0 aromatic heterocycles. The van der Waals surface area contributed by atoms with Crippen LogP contribution in [0.15, 0.2) is 46.9 Å². The minimum absolute atomic E-state index is 0.210. The summed E-state index contributed by atoms with van der Waals surface area (Å²) >= 11 is 9.39.